The van der Waals surface area contributed by atoms with Crippen molar-refractivity contribution in [3.8, 4) is 0 Å². The Morgan fingerprint density at radius 1 is 1.31 bits per heavy atom. The molecule has 1 aliphatic heterocycles. The Bertz CT molecular complexity index is 474. The van der Waals surface area contributed by atoms with Gasteiger partial charge in [0.1, 0.15) is 5.02 Å². The fourth-order valence-electron chi connectivity index (χ4n) is 2.05. The minimum atomic E-state index is -0.510. The molecule has 5 nitrogen and oxygen atoms in total. The fourth-order valence-corrected chi connectivity index (χ4v) is 2.22. The molecule has 1 aliphatic rings. The van der Waals surface area contributed by atoms with Crippen molar-refractivity contribution in [1.29, 1.82) is 0 Å². The molecule has 16 heavy (non-hydrogen) atoms. The molecule has 1 aromatic heterocycles. The van der Waals surface area contributed by atoms with Crippen molar-refractivity contribution in [3.63, 3.8) is 0 Å². The molecule has 1 unspecified atom stereocenters. The van der Waals surface area contributed by atoms with Crippen LogP contribution >= 0.6 is 11.6 Å². The smallest absolute Gasteiger partial charge is 0.316 e. The zero-order chi connectivity index (χ0) is 11.5. The number of piperidine rings is 1. The van der Waals surface area contributed by atoms with E-state index in [0.717, 1.165) is 25.9 Å². The Balaban J connectivity index is 2.20. The van der Waals surface area contributed by atoms with Gasteiger partial charge in [0.05, 0.1) is 0 Å². The van der Waals surface area contributed by atoms with Gasteiger partial charge in [-0.2, -0.15) is 0 Å². The highest BCUT2D eigenvalue weighted by Crippen LogP contribution is 2.17. The highest BCUT2D eigenvalue weighted by molar-refractivity contribution is 6.30. The summed E-state index contributed by atoms with van der Waals surface area (Å²) in [6.07, 6.45) is 2.86. The Hall–Kier alpha value is -1.07. The third-order valence-electron chi connectivity index (χ3n) is 2.85. The molecule has 1 aromatic rings. The van der Waals surface area contributed by atoms with Crippen LogP contribution < -0.4 is 16.6 Å². The first-order valence-electron chi connectivity index (χ1n) is 5.38. The molecule has 0 aromatic carbocycles. The first-order valence-corrected chi connectivity index (χ1v) is 5.76. The van der Waals surface area contributed by atoms with Gasteiger partial charge < -0.3 is 10.3 Å². The molecular weight excluding hydrogens is 230 g/mol. The minimum absolute atomic E-state index is 0.102. The number of aromatic amines is 2. The van der Waals surface area contributed by atoms with E-state index in [4.69, 9.17) is 11.6 Å². The molecule has 88 valence electrons. The quantitative estimate of drug-likeness (QED) is 0.697. The predicted molar refractivity (Wildman–Crippen MR) is 62.0 cm³/mol. The van der Waals surface area contributed by atoms with Gasteiger partial charge in [0, 0.05) is 5.69 Å². The Morgan fingerprint density at radius 3 is 2.81 bits per heavy atom. The topological polar surface area (TPSA) is 77.8 Å². The van der Waals surface area contributed by atoms with Crippen molar-refractivity contribution < 1.29 is 0 Å². The molecule has 0 radical (unpaired) electrons. The third kappa shape index (κ3) is 2.54. The lowest BCUT2D eigenvalue weighted by molar-refractivity contribution is 0.373. The number of rotatable bonds is 2. The zero-order valence-corrected chi connectivity index (χ0v) is 9.56. The van der Waals surface area contributed by atoms with Crippen molar-refractivity contribution >= 4 is 11.6 Å². The molecular formula is C10H14ClN3O2. The highest BCUT2D eigenvalue weighted by Gasteiger charge is 2.16. The lowest BCUT2D eigenvalue weighted by Gasteiger charge is -2.22. The summed E-state index contributed by atoms with van der Waals surface area (Å²) in [5, 5.41) is 3.38. The van der Waals surface area contributed by atoms with Crippen molar-refractivity contribution in [2.75, 3.05) is 13.1 Å². The van der Waals surface area contributed by atoms with Crippen LogP contribution in [0.4, 0.5) is 0 Å². The number of nitrogens with one attached hydrogen (secondary N) is 3. The van der Waals surface area contributed by atoms with E-state index >= 15 is 0 Å². The SMILES string of the molecule is O=c1[nH]c(CC2CCCNC2)c(Cl)c(=O)[nH]1. The van der Waals surface area contributed by atoms with E-state index in [1.54, 1.807) is 0 Å². The van der Waals surface area contributed by atoms with Gasteiger partial charge in [-0.1, -0.05) is 11.6 Å². The van der Waals surface area contributed by atoms with Crippen LogP contribution in [-0.2, 0) is 6.42 Å². The van der Waals surface area contributed by atoms with E-state index < -0.39 is 11.2 Å². The van der Waals surface area contributed by atoms with Crippen LogP contribution in [-0.4, -0.2) is 23.1 Å². The minimum Gasteiger partial charge on any atom is -0.316 e. The lowest BCUT2D eigenvalue weighted by Crippen LogP contribution is -2.32. The molecule has 0 amide bonds. The molecule has 2 heterocycles. The summed E-state index contributed by atoms with van der Waals surface area (Å²) in [7, 11) is 0. The monoisotopic (exact) mass is 243 g/mol. The summed E-state index contributed by atoms with van der Waals surface area (Å²) < 4.78 is 0. The number of halogens is 1. The summed E-state index contributed by atoms with van der Waals surface area (Å²) in [5.41, 5.74) is -0.457. The van der Waals surface area contributed by atoms with Crippen molar-refractivity contribution in [2.45, 2.75) is 19.3 Å². The van der Waals surface area contributed by atoms with Gasteiger partial charge in [0.15, 0.2) is 0 Å². The van der Waals surface area contributed by atoms with Crippen LogP contribution in [0, 0.1) is 5.92 Å². The first kappa shape index (κ1) is 11.4. The summed E-state index contributed by atoms with van der Waals surface area (Å²) in [6.45, 7) is 1.95. The van der Waals surface area contributed by atoms with Gasteiger partial charge in [-0.15, -0.1) is 0 Å². The Labute approximate surface area is 97.2 Å². The second-order valence-corrected chi connectivity index (χ2v) is 4.50. The van der Waals surface area contributed by atoms with Crippen LogP contribution in [0.3, 0.4) is 0 Å². The van der Waals surface area contributed by atoms with E-state index in [2.05, 4.69) is 15.3 Å². The maximum absolute atomic E-state index is 11.3. The van der Waals surface area contributed by atoms with Crippen LogP contribution in [0.1, 0.15) is 18.5 Å². The summed E-state index contributed by atoms with van der Waals surface area (Å²) >= 11 is 5.85. The first-order chi connectivity index (χ1) is 7.66. The molecule has 0 bridgehead atoms. The van der Waals surface area contributed by atoms with Crippen molar-refractivity contribution in [3.05, 3.63) is 31.6 Å². The molecule has 0 aliphatic carbocycles. The molecule has 1 saturated heterocycles. The van der Waals surface area contributed by atoms with Crippen LogP contribution in [0.2, 0.25) is 5.02 Å². The summed E-state index contributed by atoms with van der Waals surface area (Å²) in [4.78, 5) is 27.1. The summed E-state index contributed by atoms with van der Waals surface area (Å²) in [5.74, 6) is 0.434. The number of hydrogen-bond acceptors (Lipinski definition) is 3. The molecule has 3 N–H and O–H groups in total. The highest BCUT2D eigenvalue weighted by atomic mass is 35.5. The number of H-pyrrole nitrogens is 2. The van der Waals surface area contributed by atoms with Crippen molar-refractivity contribution in [1.82, 2.24) is 15.3 Å². The van der Waals surface area contributed by atoms with Gasteiger partial charge in [-0.3, -0.25) is 9.78 Å². The maximum Gasteiger partial charge on any atom is 0.325 e. The second kappa shape index (κ2) is 4.84. The average molecular weight is 244 g/mol. The van der Waals surface area contributed by atoms with Gasteiger partial charge >= 0.3 is 5.69 Å². The van der Waals surface area contributed by atoms with E-state index in [0.29, 0.717) is 18.0 Å². The van der Waals surface area contributed by atoms with Gasteiger partial charge in [0.25, 0.3) is 5.56 Å². The molecule has 6 heteroatoms. The maximum atomic E-state index is 11.3. The van der Waals surface area contributed by atoms with Crippen LogP contribution in [0.15, 0.2) is 9.59 Å². The zero-order valence-electron chi connectivity index (χ0n) is 8.81. The Kier molecular flexibility index (Phi) is 3.46. The predicted octanol–water partition coefficient (Wildman–Crippen LogP) is 0.259. The molecule has 2 rings (SSSR count). The largest absolute Gasteiger partial charge is 0.325 e. The Morgan fingerprint density at radius 2 is 2.12 bits per heavy atom. The van der Waals surface area contributed by atoms with E-state index in [1.807, 2.05) is 0 Å². The second-order valence-electron chi connectivity index (χ2n) is 4.12. The molecule has 1 fully saturated rings. The van der Waals surface area contributed by atoms with Crippen LogP contribution in [0.25, 0.3) is 0 Å². The van der Waals surface area contributed by atoms with Crippen LogP contribution in [0.5, 0.6) is 0 Å². The van der Waals surface area contributed by atoms with Gasteiger partial charge in [0.2, 0.25) is 0 Å². The standard InChI is InChI=1S/C10H14ClN3O2/c11-8-7(13-10(16)14-9(8)15)4-6-2-1-3-12-5-6/h6,12H,1-5H2,(H2,13,14,15,16). The summed E-state index contributed by atoms with van der Waals surface area (Å²) in [6, 6.07) is 0. The van der Waals surface area contributed by atoms with E-state index in [1.165, 1.54) is 0 Å². The van der Waals surface area contributed by atoms with Gasteiger partial charge in [-0.25, -0.2) is 4.79 Å². The number of hydrogen-bond donors (Lipinski definition) is 3. The van der Waals surface area contributed by atoms with E-state index in [-0.39, 0.29) is 5.02 Å². The normalized spacial score (nSPS) is 20.9. The van der Waals surface area contributed by atoms with Crippen molar-refractivity contribution in [2.24, 2.45) is 5.92 Å². The molecule has 0 spiro atoms. The lowest BCUT2D eigenvalue weighted by atomic mass is 9.94. The average Bonchev–Trinajstić information content (AvgIpc) is 2.27. The van der Waals surface area contributed by atoms with E-state index in [9.17, 15) is 9.59 Å². The fraction of sp³-hybridized carbons (Fsp3) is 0.600. The third-order valence-corrected chi connectivity index (χ3v) is 3.25. The molecule has 0 saturated carbocycles. The number of aromatic nitrogens is 2. The molecule has 1 atom stereocenters. The van der Waals surface area contributed by atoms with Gasteiger partial charge in [-0.05, 0) is 38.3 Å².